The Kier molecular flexibility index (Phi) is 8.63. The fourth-order valence-electron chi connectivity index (χ4n) is 3.31. The molecule has 0 radical (unpaired) electrons. The Bertz CT molecular complexity index is 1090. The van der Waals surface area contributed by atoms with E-state index in [-0.39, 0.29) is 23.2 Å². The van der Waals surface area contributed by atoms with Gasteiger partial charge in [0.2, 0.25) is 21.8 Å². The second kappa shape index (κ2) is 10.8. The highest BCUT2D eigenvalue weighted by molar-refractivity contribution is 7.92. The SMILES string of the molecule is CC[C@@H](C(=O)NC)N(Cc1ccccc1C)C(=O)CN(c1ccc(F)c(Cl)c1)S(C)(=O)=O. The number of nitrogens with zero attached hydrogens (tertiary/aromatic N) is 2. The fraction of sp³-hybridized carbons (Fsp3) is 0.364. The van der Waals surface area contributed by atoms with Crippen molar-refractivity contribution in [1.29, 1.82) is 0 Å². The first-order valence-electron chi connectivity index (χ1n) is 9.97. The number of anilines is 1. The van der Waals surface area contributed by atoms with Gasteiger partial charge in [-0.1, -0.05) is 42.8 Å². The van der Waals surface area contributed by atoms with Crippen LogP contribution in [-0.4, -0.2) is 51.0 Å². The number of carbonyl (C=O) groups is 2. The van der Waals surface area contributed by atoms with Crippen molar-refractivity contribution < 1.29 is 22.4 Å². The molecule has 0 bridgehead atoms. The Balaban J connectivity index is 2.46. The third-order valence-electron chi connectivity index (χ3n) is 5.10. The molecule has 2 rings (SSSR count). The summed E-state index contributed by atoms with van der Waals surface area (Å²) in [6, 6.07) is 10.0. The van der Waals surface area contributed by atoms with E-state index in [1.54, 1.807) is 6.92 Å². The number of nitrogens with one attached hydrogen (secondary N) is 1. The summed E-state index contributed by atoms with van der Waals surface area (Å²) in [6.45, 7) is 3.22. The van der Waals surface area contributed by atoms with Crippen molar-refractivity contribution in [3.05, 3.63) is 64.4 Å². The van der Waals surface area contributed by atoms with Crippen LogP contribution in [0.15, 0.2) is 42.5 Å². The molecule has 10 heteroatoms. The zero-order valence-corrected chi connectivity index (χ0v) is 20.0. The first-order chi connectivity index (χ1) is 15.0. The van der Waals surface area contributed by atoms with E-state index >= 15 is 0 Å². The summed E-state index contributed by atoms with van der Waals surface area (Å²) >= 11 is 5.82. The number of hydrogen-bond acceptors (Lipinski definition) is 4. The van der Waals surface area contributed by atoms with E-state index < -0.39 is 34.3 Å². The van der Waals surface area contributed by atoms with Crippen LogP contribution in [0, 0.1) is 12.7 Å². The Morgan fingerprint density at radius 1 is 1.19 bits per heavy atom. The summed E-state index contributed by atoms with van der Waals surface area (Å²) in [5.41, 5.74) is 1.82. The second-order valence-corrected chi connectivity index (χ2v) is 9.67. The smallest absolute Gasteiger partial charge is 0.244 e. The quantitative estimate of drug-likeness (QED) is 0.593. The van der Waals surface area contributed by atoms with Gasteiger partial charge in [0.1, 0.15) is 18.4 Å². The van der Waals surface area contributed by atoms with Gasteiger partial charge in [-0.2, -0.15) is 0 Å². The molecule has 32 heavy (non-hydrogen) atoms. The third-order valence-corrected chi connectivity index (χ3v) is 6.53. The minimum Gasteiger partial charge on any atom is -0.357 e. The monoisotopic (exact) mass is 483 g/mol. The highest BCUT2D eigenvalue weighted by Gasteiger charge is 2.31. The Hall–Kier alpha value is -2.65. The zero-order chi connectivity index (χ0) is 24.1. The van der Waals surface area contributed by atoms with Gasteiger partial charge in [0.15, 0.2) is 0 Å². The summed E-state index contributed by atoms with van der Waals surface area (Å²) in [5, 5.41) is 2.29. The highest BCUT2D eigenvalue weighted by Crippen LogP contribution is 2.25. The number of benzene rings is 2. The Morgan fingerprint density at radius 2 is 1.84 bits per heavy atom. The van der Waals surface area contributed by atoms with Crippen LogP contribution in [0.2, 0.25) is 5.02 Å². The molecule has 1 N–H and O–H groups in total. The van der Waals surface area contributed by atoms with Gasteiger partial charge in [-0.25, -0.2) is 12.8 Å². The van der Waals surface area contributed by atoms with Crippen LogP contribution in [0.1, 0.15) is 24.5 Å². The molecule has 0 fully saturated rings. The number of aryl methyl sites for hydroxylation is 1. The molecule has 0 aliphatic rings. The van der Waals surface area contributed by atoms with E-state index in [1.807, 2.05) is 31.2 Å². The minimum atomic E-state index is -3.91. The standard InChI is InChI=1S/C22H27ClFN3O4S/c1-5-20(22(29)25-3)26(13-16-9-7-6-8-15(16)2)21(28)14-27(32(4,30)31)17-10-11-19(24)18(23)12-17/h6-12,20H,5,13-14H2,1-4H3,(H,25,29)/t20-/m0/s1. The molecule has 0 unspecified atom stereocenters. The van der Waals surface area contributed by atoms with Gasteiger partial charge in [-0.05, 0) is 42.7 Å². The summed E-state index contributed by atoms with van der Waals surface area (Å²) in [7, 11) is -2.43. The molecule has 2 aromatic rings. The van der Waals surface area contributed by atoms with Gasteiger partial charge in [0.05, 0.1) is 17.0 Å². The summed E-state index contributed by atoms with van der Waals surface area (Å²) < 4.78 is 39.4. The predicted molar refractivity (Wildman–Crippen MR) is 123 cm³/mol. The lowest BCUT2D eigenvalue weighted by Gasteiger charge is -2.33. The predicted octanol–water partition coefficient (Wildman–Crippen LogP) is 3.11. The summed E-state index contributed by atoms with van der Waals surface area (Å²) in [4.78, 5) is 27.3. The Labute approximate surface area is 193 Å². The largest absolute Gasteiger partial charge is 0.357 e. The molecule has 0 heterocycles. The Morgan fingerprint density at radius 3 is 2.38 bits per heavy atom. The molecule has 0 aromatic heterocycles. The molecule has 0 aliphatic carbocycles. The zero-order valence-electron chi connectivity index (χ0n) is 18.4. The molecule has 0 spiro atoms. The molecule has 174 valence electrons. The van der Waals surface area contributed by atoms with Crippen molar-refractivity contribution in [2.75, 3.05) is 24.2 Å². The second-order valence-electron chi connectivity index (χ2n) is 7.35. The number of likely N-dealkylation sites (N-methyl/N-ethyl adjacent to an activating group) is 1. The molecular weight excluding hydrogens is 457 g/mol. The maximum atomic E-state index is 13.6. The molecule has 2 aromatic carbocycles. The van der Waals surface area contributed by atoms with Crippen LogP contribution < -0.4 is 9.62 Å². The van der Waals surface area contributed by atoms with Gasteiger partial charge < -0.3 is 10.2 Å². The minimum absolute atomic E-state index is 0.0519. The lowest BCUT2D eigenvalue weighted by molar-refractivity contribution is -0.140. The number of amides is 2. The summed E-state index contributed by atoms with van der Waals surface area (Å²) in [6.07, 6.45) is 1.28. The number of halogens is 2. The average molecular weight is 484 g/mol. The fourth-order valence-corrected chi connectivity index (χ4v) is 4.33. The van der Waals surface area contributed by atoms with E-state index in [2.05, 4.69) is 5.32 Å². The molecule has 7 nitrogen and oxygen atoms in total. The maximum Gasteiger partial charge on any atom is 0.244 e. The first-order valence-corrected chi connectivity index (χ1v) is 12.2. The van der Waals surface area contributed by atoms with E-state index in [0.29, 0.717) is 6.42 Å². The lowest BCUT2D eigenvalue weighted by atomic mass is 10.1. The van der Waals surface area contributed by atoms with Crippen LogP contribution in [-0.2, 0) is 26.2 Å². The number of sulfonamides is 1. The van der Waals surface area contributed by atoms with Crippen LogP contribution >= 0.6 is 11.6 Å². The van der Waals surface area contributed by atoms with Crippen molar-refractivity contribution >= 4 is 39.1 Å². The van der Waals surface area contributed by atoms with E-state index in [0.717, 1.165) is 33.8 Å². The average Bonchev–Trinajstić information content (AvgIpc) is 2.74. The van der Waals surface area contributed by atoms with Gasteiger partial charge in [-0.3, -0.25) is 13.9 Å². The van der Waals surface area contributed by atoms with Crippen LogP contribution in [0.5, 0.6) is 0 Å². The highest BCUT2D eigenvalue weighted by atomic mass is 35.5. The number of rotatable bonds is 9. The van der Waals surface area contributed by atoms with Crippen molar-refractivity contribution in [2.24, 2.45) is 0 Å². The molecule has 0 saturated heterocycles. The van der Waals surface area contributed by atoms with Crippen molar-refractivity contribution in [1.82, 2.24) is 10.2 Å². The van der Waals surface area contributed by atoms with Gasteiger partial charge in [0, 0.05) is 13.6 Å². The normalized spacial score (nSPS) is 12.2. The van der Waals surface area contributed by atoms with Gasteiger partial charge >= 0.3 is 0 Å². The topological polar surface area (TPSA) is 86.8 Å². The first kappa shape index (κ1) is 25.6. The molecule has 1 atom stereocenters. The van der Waals surface area contributed by atoms with Crippen molar-refractivity contribution in [2.45, 2.75) is 32.9 Å². The van der Waals surface area contributed by atoms with Gasteiger partial charge in [-0.15, -0.1) is 0 Å². The number of carbonyl (C=O) groups excluding carboxylic acids is 2. The molecule has 0 saturated carbocycles. The molecule has 2 amide bonds. The molecule has 0 aliphatic heterocycles. The van der Waals surface area contributed by atoms with Crippen LogP contribution in [0.3, 0.4) is 0 Å². The van der Waals surface area contributed by atoms with Gasteiger partial charge in [0.25, 0.3) is 0 Å². The van der Waals surface area contributed by atoms with E-state index in [1.165, 1.54) is 18.0 Å². The van der Waals surface area contributed by atoms with Crippen LogP contribution in [0.25, 0.3) is 0 Å². The summed E-state index contributed by atoms with van der Waals surface area (Å²) in [5.74, 6) is -1.64. The van der Waals surface area contributed by atoms with E-state index in [9.17, 15) is 22.4 Å². The third kappa shape index (κ3) is 6.20. The molecular formula is C22H27ClFN3O4S. The van der Waals surface area contributed by atoms with E-state index in [4.69, 9.17) is 11.6 Å². The lowest BCUT2D eigenvalue weighted by Crippen LogP contribution is -2.51. The van der Waals surface area contributed by atoms with Crippen molar-refractivity contribution in [3.63, 3.8) is 0 Å². The maximum absolute atomic E-state index is 13.6. The van der Waals surface area contributed by atoms with Crippen molar-refractivity contribution in [3.8, 4) is 0 Å². The number of hydrogen-bond donors (Lipinski definition) is 1. The van der Waals surface area contributed by atoms with Crippen LogP contribution in [0.4, 0.5) is 10.1 Å².